The average molecular weight is 560 g/mol. The van der Waals surface area contributed by atoms with Gasteiger partial charge in [0.05, 0.1) is 17.7 Å². The lowest BCUT2D eigenvalue weighted by atomic mass is 10.0. The van der Waals surface area contributed by atoms with Crippen LogP contribution in [0, 0.1) is 11.6 Å². The Morgan fingerprint density at radius 2 is 1.71 bits per heavy atom. The molecule has 0 bridgehead atoms. The lowest BCUT2D eigenvalue weighted by molar-refractivity contribution is -0.137. The zero-order valence-corrected chi connectivity index (χ0v) is 21.0. The van der Waals surface area contributed by atoms with E-state index in [1.165, 1.54) is 6.07 Å². The van der Waals surface area contributed by atoms with Crippen molar-refractivity contribution in [3.63, 3.8) is 0 Å². The van der Waals surface area contributed by atoms with E-state index in [1.54, 1.807) is 4.90 Å². The summed E-state index contributed by atoms with van der Waals surface area (Å²) in [6, 6.07) is 4.74. The third-order valence-corrected chi connectivity index (χ3v) is 8.47. The minimum absolute atomic E-state index is 0.0152. The van der Waals surface area contributed by atoms with Crippen molar-refractivity contribution in [2.45, 2.75) is 50.3 Å². The molecule has 7 nitrogen and oxygen atoms in total. The Morgan fingerprint density at radius 3 is 2.34 bits per heavy atom. The van der Waals surface area contributed by atoms with Gasteiger partial charge >= 0.3 is 16.4 Å². The first-order valence-corrected chi connectivity index (χ1v) is 13.8. The number of nitrogens with one attached hydrogen (secondary N) is 1. The Bertz CT molecular complexity index is 1340. The molecule has 2 aliphatic heterocycles. The summed E-state index contributed by atoms with van der Waals surface area (Å²) in [5.41, 5.74) is -0.846. The summed E-state index contributed by atoms with van der Waals surface area (Å²) < 4.78 is 102. The smallest absolute Gasteiger partial charge is 0.416 e. The first kappa shape index (κ1) is 26.7. The summed E-state index contributed by atoms with van der Waals surface area (Å²) >= 11 is 0. The van der Waals surface area contributed by atoms with Gasteiger partial charge in [-0.1, -0.05) is 0 Å². The van der Waals surface area contributed by atoms with E-state index >= 15 is 4.39 Å². The molecule has 2 aromatic carbocycles. The van der Waals surface area contributed by atoms with Gasteiger partial charge in [-0.25, -0.2) is 13.5 Å². The molecule has 1 N–H and O–H groups in total. The second kappa shape index (κ2) is 9.99. The van der Waals surface area contributed by atoms with Crippen LogP contribution in [0.2, 0.25) is 0 Å². The van der Waals surface area contributed by atoms with Crippen molar-refractivity contribution < 1.29 is 39.9 Å². The molecule has 0 unspecified atom stereocenters. The van der Waals surface area contributed by atoms with Crippen molar-refractivity contribution in [2.24, 2.45) is 0 Å². The highest BCUT2D eigenvalue weighted by atomic mass is 32.2. The number of piperidine rings is 1. The molecule has 0 radical (unpaired) electrons. The number of rotatable bonds is 7. The molecule has 2 saturated heterocycles. The van der Waals surface area contributed by atoms with Gasteiger partial charge < -0.3 is 9.64 Å². The standard InChI is InChI=1S/C25H26F5N3O4S/c26-17-9-16(25(28,29)30)10-18(11-17)32-6-1-3-19(14-32)37-23-13-22(27)21(12-20(23)15-4-5-15)24(34)31-38(35,36)33-7-2-8-33/h9-13,15,19H,1-8,14H2,(H,31,34)/t19-/m1/s1. The SMILES string of the molecule is O=C(NS(=O)(=O)N1CCC1)c1cc(C2CC2)c(O[C@@H]2CCCN(c3cc(F)cc(C(F)(F)F)c3)C2)cc1F. The molecule has 1 aliphatic carbocycles. The van der Waals surface area contributed by atoms with Crippen LogP contribution in [0.25, 0.3) is 0 Å². The van der Waals surface area contributed by atoms with Crippen LogP contribution in [-0.4, -0.2) is 50.9 Å². The largest absolute Gasteiger partial charge is 0.488 e. The predicted octanol–water partition coefficient (Wildman–Crippen LogP) is 4.59. The Kier molecular flexibility index (Phi) is 7.01. The quantitative estimate of drug-likeness (QED) is 0.503. The molecule has 38 heavy (non-hydrogen) atoms. The van der Waals surface area contributed by atoms with Crippen LogP contribution >= 0.6 is 0 Å². The number of nitrogens with zero attached hydrogens (tertiary/aromatic N) is 2. The van der Waals surface area contributed by atoms with Gasteiger partial charge in [0.1, 0.15) is 23.5 Å². The fraction of sp³-hybridized carbons (Fsp3) is 0.480. The van der Waals surface area contributed by atoms with Gasteiger partial charge in [0.15, 0.2) is 0 Å². The first-order valence-electron chi connectivity index (χ1n) is 12.4. The number of hydrogen-bond donors (Lipinski definition) is 1. The lowest BCUT2D eigenvalue weighted by Gasteiger charge is -2.35. The van der Waals surface area contributed by atoms with Gasteiger partial charge in [-0.05, 0) is 67.9 Å². The Hall–Kier alpha value is -2.93. The first-order chi connectivity index (χ1) is 17.9. The maximum absolute atomic E-state index is 15.0. The van der Waals surface area contributed by atoms with Crippen LogP contribution in [0.5, 0.6) is 5.75 Å². The van der Waals surface area contributed by atoms with Crippen molar-refractivity contribution in [3.8, 4) is 5.75 Å². The average Bonchev–Trinajstić information content (AvgIpc) is 3.62. The summed E-state index contributed by atoms with van der Waals surface area (Å²) in [4.78, 5) is 14.2. The minimum atomic E-state index is -4.69. The molecule has 0 spiro atoms. The van der Waals surface area contributed by atoms with Gasteiger partial charge in [0, 0.05) is 31.4 Å². The molecule has 2 heterocycles. The molecule has 1 amide bonds. The van der Waals surface area contributed by atoms with Gasteiger partial charge in [-0.2, -0.15) is 25.9 Å². The molecule has 1 atom stereocenters. The summed E-state index contributed by atoms with van der Waals surface area (Å²) in [6.45, 7) is 1.13. The highest BCUT2D eigenvalue weighted by Gasteiger charge is 2.35. The zero-order valence-electron chi connectivity index (χ0n) is 20.2. The second-order valence-electron chi connectivity index (χ2n) is 9.86. The van der Waals surface area contributed by atoms with E-state index in [1.807, 2.05) is 4.72 Å². The highest BCUT2D eigenvalue weighted by molar-refractivity contribution is 7.87. The van der Waals surface area contributed by atoms with Crippen molar-refractivity contribution in [3.05, 3.63) is 58.7 Å². The number of carbonyl (C=O) groups is 1. The summed E-state index contributed by atoms with van der Waals surface area (Å²) in [5, 5.41) is 0. The van der Waals surface area contributed by atoms with Crippen molar-refractivity contribution in [1.82, 2.24) is 9.03 Å². The van der Waals surface area contributed by atoms with E-state index in [0.717, 1.165) is 35.3 Å². The number of carbonyl (C=O) groups excluding carboxylic acids is 1. The number of ether oxygens (including phenoxy) is 1. The molecule has 3 fully saturated rings. The Balaban J connectivity index is 1.34. The fourth-order valence-corrected chi connectivity index (χ4v) is 5.91. The van der Waals surface area contributed by atoms with Crippen LogP contribution in [0.4, 0.5) is 27.6 Å². The molecule has 1 saturated carbocycles. The van der Waals surface area contributed by atoms with Crippen molar-refractivity contribution in [2.75, 3.05) is 31.1 Å². The number of amides is 1. The third kappa shape index (κ3) is 5.73. The van der Waals surface area contributed by atoms with E-state index in [0.29, 0.717) is 37.4 Å². The van der Waals surface area contributed by atoms with Gasteiger partial charge in [-0.15, -0.1) is 0 Å². The van der Waals surface area contributed by atoms with E-state index < -0.39 is 51.2 Å². The normalized spacial score (nSPS) is 20.7. The third-order valence-electron chi connectivity index (χ3n) is 6.98. The maximum Gasteiger partial charge on any atom is 0.416 e. The molecule has 3 aliphatic rings. The van der Waals surface area contributed by atoms with Crippen molar-refractivity contribution >= 4 is 21.8 Å². The topological polar surface area (TPSA) is 79.0 Å². The summed E-state index contributed by atoms with van der Waals surface area (Å²) in [7, 11) is -4.05. The number of alkyl halides is 3. The number of benzene rings is 2. The Morgan fingerprint density at radius 1 is 0.974 bits per heavy atom. The molecule has 206 valence electrons. The molecular formula is C25H26F5N3O4S. The molecular weight excluding hydrogens is 533 g/mol. The summed E-state index contributed by atoms with van der Waals surface area (Å²) in [5.74, 6) is -2.80. The highest BCUT2D eigenvalue weighted by Crippen LogP contribution is 2.45. The molecule has 0 aromatic heterocycles. The number of halogens is 5. The zero-order chi connectivity index (χ0) is 27.2. The van der Waals surface area contributed by atoms with Gasteiger partial charge in [-0.3, -0.25) is 4.79 Å². The molecule has 2 aromatic rings. The van der Waals surface area contributed by atoms with Crippen LogP contribution in [-0.2, 0) is 16.4 Å². The van der Waals surface area contributed by atoms with Crippen LogP contribution in [0.1, 0.15) is 59.5 Å². The van der Waals surface area contributed by atoms with Crippen LogP contribution in [0.15, 0.2) is 30.3 Å². The van der Waals surface area contributed by atoms with E-state index in [9.17, 15) is 30.8 Å². The fourth-order valence-electron chi connectivity index (χ4n) is 4.69. The van der Waals surface area contributed by atoms with Crippen LogP contribution < -0.4 is 14.4 Å². The Labute approximate surface area is 216 Å². The van der Waals surface area contributed by atoms with E-state index in [4.69, 9.17) is 4.74 Å². The minimum Gasteiger partial charge on any atom is -0.488 e. The van der Waals surface area contributed by atoms with Crippen LogP contribution in [0.3, 0.4) is 0 Å². The molecule has 13 heteroatoms. The lowest BCUT2D eigenvalue weighted by Crippen LogP contribution is -2.49. The molecule has 5 rings (SSSR count). The number of anilines is 1. The second-order valence-corrected chi connectivity index (χ2v) is 11.5. The van der Waals surface area contributed by atoms with E-state index in [-0.39, 0.29) is 37.0 Å². The van der Waals surface area contributed by atoms with E-state index in [2.05, 4.69) is 0 Å². The van der Waals surface area contributed by atoms with Crippen molar-refractivity contribution in [1.29, 1.82) is 0 Å². The number of hydrogen-bond acceptors (Lipinski definition) is 5. The van der Waals surface area contributed by atoms with Gasteiger partial charge in [0.25, 0.3) is 5.91 Å². The predicted molar refractivity (Wildman–Crippen MR) is 128 cm³/mol. The summed E-state index contributed by atoms with van der Waals surface area (Å²) in [6.07, 6.45) is -1.86. The van der Waals surface area contributed by atoms with Gasteiger partial charge in [0.2, 0.25) is 0 Å². The monoisotopic (exact) mass is 559 g/mol. The maximum atomic E-state index is 15.0.